The quantitative estimate of drug-likeness (QED) is 0.779. The van der Waals surface area contributed by atoms with Crippen LogP contribution in [0.15, 0.2) is 12.1 Å². The Bertz CT molecular complexity index is 540. The molecular formula is C14H16FNO3. The van der Waals surface area contributed by atoms with E-state index in [0.29, 0.717) is 24.0 Å². The fourth-order valence-electron chi connectivity index (χ4n) is 2.47. The normalized spacial score (nSPS) is 20.7. The average molecular weight is 265 g/mol. The van der Waals surface area contributed by atoms with Gasteiger partial charge >= 0.3 is 0 Å². The third kappa shape index (κ3) is 2.66. The summed E-state index contributed by atoms with van der Waals surface area (Å²) in [5, 5.41) is 9.83. The number of benzene rings is 1. The van der Waals surface area contributed by atoms with Gasteiger partial charge in [0.2, 0.25) is 5.91 Å². The van der Waals surface area contributed by atoms with Crippen LogP contribution in [0.1, 0.15) is 23.6 Å². The molecule has 0 saturated heterocycles. The minimum atomic E-state index is -1.71. The number of fused-ring (bicyclic) bond motifs is 1. The van der Waals surface area contributed by atoms with E-state index in [1.807, 2.05) is 0 Å². The van der Waals surface area contributed by atoms with Gasteiger partial charge in [-0.25, -0.2) is 4.39 Å². The van der Waals surface area contributed by atoms with Gasteiger partial charge in [0, 0.05) is 12.3 Å². The minimum absolute atomic E-state index is 0.0434. The number of nitrogens with two attached hydrogens (primary N) is 1. The monoisotopic (exact) mass is 265 g/mol. The highest BCUT2D eigenvalue weighted by atomic mass is 19.1. The lowest BCUT2D eigenvalue weighted by Gasteiger charge is -2.19. The van der Waals surface area contributed by atoms with Gasteiger partial charge in [-0.2, -0.15) is 0 Å². The van der Waals surface area contributed by atoms with Crippen LogP contribution in [0, 0.1) is 11.7 Å². The van der Waals surface area contributed by atoms with E-state index in [-0.39, 0.29) is 12.3 Å². The van der Waals surface area contributed by atoms with Crippen molar-refractivity contribution in [3.63, 3.8) is 0 Å². The molecule has 1 amide bonds. The second-order valence-corrected chi connectivity index (χ2v) is 5.33. The van der Waals surface area contributed by atoms with E-state index >= 15 is 0 Å². The van der Waals surface area contributed by atoms with Crippen LogP contribution in [0.2, 0.25) is 0 Å². The smallest absolute Gasteiger partial charge is 0.249 e. The molecule has 102 valence electrons. The summed E-state index contributed by atoms with van der Waals surface area (Å²) in [5.41, 5.74) is 5.21. The Morgan fingerprint density at radius 2 is 2.26 bits per heavy atom. The standard InChI is InChI=1S/C14H16FNO3/c1-14(19,13(16)18)6-8-2-10-3-9(7-17)4-11(10)12(15)5-8/h2,5,7,9,19H,3-4,6H2,1H3,(H2,16,18). The SMILES string of the molecule is CC(O)(Cc1cc(F)c2c(c1)CC(C=O)C2)C(N)=O. The lowest BCUT2D eigenvalue weighted by Crippen LogP contribution is -2.42. The summed E-state index contributed by atoms with van der Waals surface area (Å²) in [6.45, 7) is 1.30. The molecule has 0 radical (unpaired) electrons. The summed E-state index contributed by atoms with van der Waals surface area (Å²) in [7, 11) is 0. The molecule has 1 aliphatic carbocycles. The van der Waals surface area contributed by atoms with Gasteiger partial charge < -0.3 is 15.6 Å². The Balaban J connectivity index is 2.29. The highest BCUT2D eigenvalue weighted by molar-refractivity contribution is 5.83. The summed E-state index contributed by atoms with van der Waals surface area (Å²) in [6.07, 6.45) is 1.70. The summed E-state index contributed by atoms with van der Waals surface area (Å²) in [6, 6.07) is 3.03. The predicted octanol–water partition coefficient (Wildman–Crippen LogP) is 0.518. The third-order valence-corrected chi connectivity index (χ3v) is 3.57. The molecule has 0 aliphatic heterocycles. The molecule has 1 aliphatic rings. The molecule has 1 aromatic carbocycles. The number of carbonyl (C=O) groups excluding carboxylic acids is 2. The largest absolute Gasteiger partial charge is 0.380 e. The van der Waals surface area contributed by atoms with Crippen LogP contribution in [-0.2, 0) is 28.9 Å². The van der Waals surface area contributed by atoms with Gasteiger partial charge in [-0.3, -0.25) is 4.79 Å². The lowest BCUT2D eigenvalue weighted by atomic mass is 9.93. The van der Waals surface area contributed by atoms with E-state index in [4.69, 9.17) is 5.73 Å². The lowest BCUT2D eigenvalue weighted by molar-refractivity contribution is -0.134. The van der Waals surface area contributed by atoms with Crippen molar-refractivity contribution in [3.05, 3.63) is 34.6 Å². The van der Waals surface area contributed by atoms with Crippen molar-refractivity contribution in [3.8, 4) is 0 Å². The van der Waals surface area contributed by atoms with Gasteiger partial charge in [0.15, 0.2) is 0 Å². The molecule has 0 saturated carbocycles. The maximum atomic E-state index is 13.9. The summed E-state index contributed by atoms with van der Waals surface area (Å²) >= 11 is 0. The Kier molecular flexibility index (Phi) is 3.41. The Morgan fingerprint density at radius 3 is 2.84 bits per heavy atom. The summed E-state index contributed by atoms with van der Waals surface area (Å²) in [4.78, 5) is 21.8. The number of hydrogen-bond donors (Lipinski definition) is 2. The molecule has 0 fully saturated rings. The topological polar surface area (TPSA) is 80.4 Å². The van der Waals surface area contributed by atoms with Gasteiger partial charge in [-0.05, 0) is 42.5 Å². The van der Waals surface area contributed by atoms with Crippen molar-refractivity contribution in [1.29, 1.82) is 0 Å². The fraction of sp³-hybridized carbons (Fsp3) is 0.429. The number of primary amides is 1. The average Bonchev–Trinajstić information content (AvgIpc) is 2.71. The number of halogens is 1. The number of amides is 1. The maximum absolute atomic E-state index is 13.9. The first kappa shape index (κ1) is 13.7. The molecule has 0 heterocycles. The van der Waals surface area contributed by atoms with Crippen molar-refractivity contribution < 1.29 is 19.1 Å². The van der Waals surface area contributed by atoms with Gasteiger partial charge in [0.25, 0.3) is 0 Å². The fourth-order valence-corrected chi connectivity index (χ4v) is 2.47. The molecule has 2 rings (SSSR count). The number of rotatable bonds is 4. The van der Waals surface area contributed by atoms with Crippen LogP contribution < -0.4 is 5.73 Å². The first-order valence-electron chi connectivity index (χ1n) is 6.11. The number of aliphatic hydroxyl groups is 1. The number of carbonyl (C=O) groups is 2. The molecule has 5 heteroatoms. The zero-order chi connectivity index (χ0) is 14.2. The summed E-state index contributed by atoms with van der Waals surface area (Å²) in [5.74, 6) is -1.42. The number of aldehydes is 1. The zero-order valence-electron chi connectivity index (χ0n) is 10.6. The Labute approximate surface area is 110 Å². The first-order chi connectivity index (χ1) is 8.83. The van der Waals surface area contributed by atoms with Crippen LogP contribution in [0.25, 0.3) is 0 Å². The molecule has 4 nitrogen and oxygen atoms in total. The molecule has 0 spiro atoms. The van der Waals surface area contributed by atoms with Crippen LogP contribution in [0.5, 0.6) is 0 Å². The molecule has 19 heavy (non-hydrogen) atoms. The van der Waals surface area contributed by atoms with Crippen molar-refractivity contribution in [2.45, 2.75) is 31.8 Å². The molecule has 0 aromatic heterocycles. The molecule has 0 bridgehead atoms. The van der Waals surface area contributed by atoms with E-state index in [9.17, 15) is 19.1 Å². The van der Waals surface area contributed by atoms with Gasteiger partial charge in [-0.1, -0.05) is 6.07 Å². The molecule has 2 atom stereocenters. The molecule has 1 aromatic rings. The molecular weight excluding hydrogens is 249 g/mol. The van der Waals surface area contributed by atoms with E-state index in [0.717, 1.165) is 11.8 Å². The number of hydrogen-bond acceptors (Lipinski definition) is 3. The van der Waals surface area contributed by atoms with Crippen molar-refractivity contribution in [1.82, 2.24) is 0 Å². The minimum Gasteiger partial charge on any atom is -0.380 e. The van der Waals surface area contributed by atoms with Crippen molar-refractivity contribution >= 4 is 12.2 Å². The summed E-state index contributed by atoms with van der Waals surface area (Å²) < 4.78 is 13.9. The van der Waals surface area contributed by atoms with E-state index in [1.165, 1.54) is 13.0 Å². The predicted molar refractivity (Wildman–Crippen MR) is 66.9 cm³/mol. The van der Waals surface area contributed by atoms with Crippen LogP contribution in [0.3, 0.4) is 0 Å². The van der Waals surface area contributed by atoms with E-state index < -0.39 is 17.3 Å². The van der Waals surface area contributed by atoms with Crippen LogP contribution in [0.4, 0.5) is 4.39 Å². The highest BCUT2D eigenvalue weighted by Gasteiger charge is 2.30. The van der Waals surface area contributed by atoms with Crippen LogP contribution >= 0.6 is 0 Å². The van der Waals surface area contributed by atoms with E-state index in [1.54, 1.807) is 6.07 Å². The second kappa shape index (κ2) is 4.74. The zero-order valence-corrected chi connectivity index (χ0v) is 10.6. The third-order valence-electron chi connectivity index (χ3n) is 3.57. The maximum Gasteiger partial charge on any atom is 0.249 e. The second-order valence-electron chi connectivity index (χ2n) is 5.33. The molecule has 3 N–H and O–H groups in total. The van der Waals surface area contributed by atoms with Gasteiger partial charge in [0.05, 0.1) is 0 Å². The van der Waals surface area contributed by atoms with Crippen molar-refractivity contribution in [2.75, 3.05) is 0 Å². The van der Waals surface area contributed by atoms with Gasteiger partial charge in [0.1, 0.15) is 17.7 Å². The van der Waals surface area contributed by atoms with Crippen LogP contribution in [-0.4, -0.2) is 22.9 Å². The molecule has 2 unspecified atom stereocenters. The Morgan fingerprint density at radius 1 is 1.58 bits per heavy atom. The van der Waals surface area contributed by atoms with Crippen molar-refractivity contribution in [2.24, 2.45) is 11.7 Å². The van der Waals surface area contributed by atoms with E-state index in [2.05, 4.69) is 0 Å². The first-order valence-corrected chi connectivity index (χ1v) is 6.11. The van der Waals surface area contributed by atoms with Gasteiger partial charge in [-0.15, -0.1) is 0 Å². The highest BCUT2D eigenvalue weighted by Crippen LogP contribution is 2.30. The Hall–Kier alpha value is -1.75.